The van der Waals surface area contributed by atoms with Crippen molar-refractivity contribution >= 4 is 34.4 Å². The number of hydrogen-bond acceptors (Lipinski definition) is 8. The number of nitrogens with two attached hydrogens (primary N) is 1. The molecule has 0 aromatic carbocycles. The second-order valence-corrected chi connectivity index (χ2v) is 7.49. The molecule has 0 saturated carbocycles. The Morgan fingerprint density at radius 1 is 1.12 bits per heavy atom. The highest BCUT2D eigenvalue weighted by Gasteiger charge is 2.40. The summed E-state index contributed by atoms with van der Waals surface area (Å²) < 4.78 is 42.4. The number of rotatable bonds is 5. The lowest BCUT2D eigenvalue weighted by Gasteiger charge is -2.15. The zero-order valence-electron chi connectivity index (χ0n) is 17.7. The number of amides is 1. The number of fused-ring (bicyclic) bond motifs is 2. The van der Waals surface area contributed by atoms with Gasteiger partial charge in [0.2, 0.25) is 5.91 Å². The molecule has 4 aromatic heterocycles. The van der Waals surface area contributed by atoms with Gasteiger partial charge in [-0.2, -0.15) is 5.10 Å². The maximum absolute atomic E-state index is 13.0. The van der Waals surface area contributed by atoms with E-state index in [-0.39, 0.29) is 35.6 Å². The molecule has 1 amide bonds. The van der Waals surface area contributed by atoms with Crippen molar-refractivity contribution < 1.29 is 22.7 Å². The summed E-state index contributed by atoms with van der Waals surface area (Å²) in [5, 5.41) is 4.90. The Kier molecular flexibility index (Phi) is 5.12. The van der Waals surface area contributed by atoms with Crippen molar-refractivity contribution in [3.05, 3.63) is 48.3 Å². The molecule has 5 rings (SSSR count). The Morgan fingerprint density at radius 3 is 2.65 bits per heavy atom. The molecule has 0 spiro atoms. The number of pyridine rings is 2. The fourth-order valence-electron chi connectivity index (χ4n) is 3.87. The quantitative estimate of drug-likeness (QED) is 0.472. The highest BCUT2D eigenvalue weighted by molar-refractivity contribution is 6.10. The normalized spacial score (nSPS) is 15.8. The Bertz CT molecular complexity index is 1390. The van der Waals surface area contributed by atoms with Crippen LogP contribution in [0.2, 0.25) is 0 Å². The van der Waals surface area contributed by atoms with Crippen LogP contribution in [0.15, 0.2) is 42.7 Å². The molecule has 1 aliphatic rings. The number of nitrogen functional groups attached to an aromatic ring is 1. The molecule has 174 valence electrons. The molecular weight excluding hydrogens is 453 g/mol. The number of nitrogens with zero attached hydrogens (tertiary/aromatic N) is 7. The summed E-state index contributed by atoms with van der Waals surface area (Å²) in [6, 6.07) is 8.50. The van der Waals surface area contributed by atoms with Crippen LogP contribution < -0.4 is 10.6 Å². The summed E-state index contributed by atoms with van der Waals surface area (Å²) in [6.07, 6.45) is -1.70. The minimum Gasteiger partial charge on any atom is -0.383 e. The molecule has 34 heavy (non-hydrogen) atoms. The van der Waals surface area contributed by atoms with E-state index >= 15 is 0 Å². The number of anilines is 3. The fourth-order valence-corrected chi connectivity index (χ4v) is 3.87. The van der Waals surface area contributed by atoms with Gasteiger partial charge in [-0.15, -0.1) is 13.2 Å². The predicted molar refractivity (Wildman–Crippen MR) is 115 cm³/mol. The van der Waals surface area contributed by atoms with E-state index in [9.17, 15) is 18.0 Å². The predicted octanol–water partition coefficient (Wildman–Crippen LogP) is 3.18. The van der Waals surface area contributed by atoms with Crippen molar-refractivity contribution in [2.24, 2.45) is 0 Å². The average molecular weight is 470 g/mol. The fraction of sp³-hybridized carbons (Fsp3) is 0.238. The molecule has 0 fully saturated rings. The molecule has 0 radical (unpaired) electrons. The van der Waals surface area contributed by atoms with Gasteiger partial charge in [0, 0.05) is 18.0 Å². The molecule has 1 unspecified atom stereocenters. The number of alkyl halides is 3. The third-order valence-corrected chi connectivity index (χ3v) is 5.36. The van der Waals surface area contributed by atoms with Crippen molar-refractivity contribution in [2.45, 2.75) is 25.7 Å². The average Bonchev–Trinajstić information content (AvgIpc) is 3.29. The third-order valence-electron chi connectivity index (χ3n) is 5.36. The lowest BCUT2D eigenvalue weighted by Crippen LogP contribution is -2.24. The van der Waals surface area contributed by atoms with E-state index in [1.807, 2.05) is 0 Å². The summed E-state index contributed by atoms with van der Waals surface area (Å²) in [5.41, 5.74) is 7.30. The van der Waals surface area contributed by atoms with E-state index in [4.69, 9.17) is 5.73 Å². The molecule has 2 N–H and O–H groups in total. The lowest BCUT2D eigenvalue weighted by molar-refractivity contribution is -0.325. The van der Waals surface area contributed by atoms with Gasteiger partial charge in [-0.25, -0.2) is 29.5 Å². The van der Waals surface area contributed by atoms with Crippen LogP contribution in [0.5, 0.6) is 0 Å². The first kappa shape index (κ1) is 21.7. The maximum atomic E-state index is 13.0. The van der Waals surface area contributed by atoms with Crippen molar-refractivity contribution in [2.75, 3.05) is 17.2 Å². The van der Waals surface area contributed by atoms with Gasteiger partial charge in [-0.05, 0) is 31.2 Å². The van der Waals surface area contributed by atoms with E-state index < -0.39 is 18.9 Å². The highest BCUT2D eigenvalue weighted by Crippen LogP contribution is 2.43. The van der Waals surface area contributed by atoms with Crippen molar-refractivity contribution in [1.82, 2.24) is 29.7 Å². The zero-order valence-corrected chi connectivity index (χ0v) is 17.7. The third kappa shape index (κ3) is 3.69. The Labute approximate surface area is 190 Å². The first-order chi connectivity index (χ1) is 16.2. The molecule has 5 heterocycles. The molecule has 1 atom stereocenters. The van der Waals surface area contributed by atoms with Crippen LogP contribution in [0.4, 0.5) is 30.6 Å². The van der Waals surface area contributed by atoms with Crippen molar-refractivity contribution in [3.8, 4) is 11.5 Å². The van der Waals surface area contributed by atoms with E-state index in [1.165, 1.54) is 15.8 Å². The van der Waals surface area contributed by atoms with Crippen LogP contribution in [0.1, 0.15) is 18.4 Å². The van der Waals surface area contributed by atoms with E-state index in [2.05, 4.69) is 29.8 Å². The van der Waals surface area contributed by atoms with Crippen LogP contribution in [0.25, 0.3) is 22.6 Å². The van der Waals surface area contributed by atoms with Crippen molar-refractivity contribution in [3.63, 3.8) is 0 Å². The highest BCUT2D eigenvalue weighted by atomic mass is 19.4. The van der Waals surface area contributed by atoms with Gasteiger partial charge in [0.1, 0.15) is 17.3 Å². The van der Waals surface area contributed by atoms with E-state index in [0.29, 0.717) is 22.4 Å². The molecule has 1 aliphatic heterocycles. The number of carbonyl (C=O) groups excluding carboxylic acids is 1. The molecule has 0 aliphatic carbocycles. The number of carbonyl (C=O) groups is 1. The number of halogens is 3. The zero-order chi connectivity index (χ0) is 24.0. The molecule has 13 heteroatoms. The first-order valence-electron chi connectivity index (χ1n) is 10.2. The van der Waals surface area contributed by atoms with Crippen LogP contribution in [-0.2, 0) is 16.1 Å². The van der Waals surface area contributed by atoms with E-state index in [0.717, 1.165) is 0 Å². The topological polar surface area (TPSA) is 125 Å². The van der Waals surface area contributed by atoms with Gasteiger partial charge in [-0.3, -0.25) is 9.53 Å². The van der Waals surface area contributed by atoms with Gasteiger partial charge < -0.3 is 5.73 Å². The molecule has 4 aromatic rings. The van der Waals surface area contributed by atoms with Gasteiger partial charge in [0.15, 0.2) is 17.3 Å². The smallest absolute Gasteiger partial charge is 0.383 e. The lowest BCUT2D eigenvalue weighted by atomic mass is 10.1. The minimum absolute atomic E-state index is 0.103. The Balaban J connectivity index is 1.61. The second kappa shape index (κ2) is 8.02. The molecule has 0 saturated heterocycles. The SMILES string of the molecule is CC1C(=O)N(c2ccccn2)c2nc(-c3nn(CCOC(F)(F)F)c4ncccc34)nc(N)c21. The van der Waals surface area contributed by atoms with Gasteiger partial charge in [0.25, 0.3) is 0 Å². The van der Waals surface area contributed by atoms with Crippen LogP contribution in [-0.4, -0.2) is 48.6 Å². The summed E-state index contributed by atoms with van der Waals surface area (Å²) in [5.74, 6) is 0.0304. The van der Waals surface area contributed by atoms with Crippen LogP contribution in [0.3, 0.4) is 0 Å². The largest absolute Gasteiger partial charge is 0.522 e. The molecule has 10 nitrogen and oxygen atoms in total. The summed E-state index contributed by atoms with van der Waals surface area (Å²) in [6.45, 7) is 0.851. The number of aromatic nitrogens is 6. The summed E-state index contributed by atoms with van der Waals surface area (Å²) in [4.78, 5) is 31.8. The number of hydrogen-bond donors (Lipinski definition) is 1. The van der Waals surface area contributed by atoms with Gasteiger partial charge in [-0.1, -0.05) is 6.07 Å². The van der Waals surface area contributed by atoms with Gasteiger partial charge >= 0.3 is 6.36 Å². The maximum Gasteiger partial charge on any atom is 0.522 e. The summed E-state index contributed by atoms with van der Waals surface area (Å²) in [7, 11) is 0. The number of ether oxygens (including phenoxy) is 1. The molecule has 0 bridgehead atoms. The van der Waals surface area contributed by atoms with E-state index in [1.54, 1.807) is 43.5 Å². The summed E-state index contributed by atoms with van der Waals surface area (Å²) >= 11 is 0. The first-order valence-corrected chi connectivity index (χ1v) is 10.2. The van der Waals surface area contributed by atoms with Crippen molar-refractivity contribution in [1.29, 1.82) is 0 Å². The Morgan fingerprint density at radius 2 is 1.91 bits per heavy atom. The van der Waals surface area contributed by atoms with Gasteiger partial charge in [0.05, 0.1) is 24.5 Å². The standard InChI is InChI=1S/C21H17F3N8O2/c1-11-14-16(25)28-17(29-19(14)32(20(11)33)13-6-2-3-7-26-13)15-12-5-4-8-27-18(12)31(30-15)9-10-34-21(22,23)24/h2-8,11H,9-10H2,1H3,(H2,25,28,29). The monoisotopic (exact) mass is 470 g/mol. The van der Waals surface area contributed by atoms with Crippen LogP contribution in [0, 0.1) is 0 Å². The van der Waals surface area contributed by atoms with Crippen LogP contribution >= 0.6 is 0 Å². The Hall–Kier alpha value is -4.13. The molecular formula is C21H17F3N8O2. The minimum atomic E-state index is -4.76. The second-order valence-electron chi connectivity index (χ2n) is 7.49.